The third kappa shape index (κ3) is 4.46. The second-order valence-corrected chi connectivity index (χ2v) is 7.01. The zero-order chi connectivity index (χ0) is 19.9. The molecule has 0 fully saturated rings. The number of allylic oxidation sites excluding steroid dienone is 3. The Morgan fingerprint density at radius 3 is 2.46 bits per heavy atom. The van der Waals surface area contributed by atoms with Crippen LogP contribution in [0.15, 0.2) is 54.6 Å². The average Bonchev–Trinajstić information content (AvgIpc) is 2.77. The van der Waals surface area contributed by atoms with Crippen LogP contribution in [0.25, 0.3) is 6.08 Å². The van der Waals surface area contributed by atoms with Gasteiger partial charge in [-0.2, -0.15) is 0 Å². The van der Waals surface area contributed by atoms with Crippen molar-refractivity contribution in [2.24, 2.45) is 5.92 Å². The molecule has 1 aliphatic carbocycles. The van der Waals surface area contributed by atoms with Gasteiger partial charge in [0.2, 0.25) is 0 Å². The van der Waals surface area contributed by atoms with Gasteiger partial charge in [-0.3, -0.25) is 0 Å². The lowest BCUT2D eigenvalue weighted by atomic mass is 9.79. The summed E-state index contributed by atoms with van der Waals surface area (Å²) in [7, 11) is 3.30. The molecule has 3 rings (SSSR count). The first-order valence-corrected chi connectivity index (χ1v) is 9.60. The van der Waals surface area contributed by atoms with Gasteiger partial charge in [0.05, 0.1) is 27.4 Å². The molecule has 0 bridgehead atoms. The third-order valence-corrected chi connectivity index (χ3v) is 5.37. The van der Waals surface area contributed by atoms with Crippen LogP contribution in [0, 0.1) is 5.92 Å². The van der Waals surface area contributed by atoms with Crippen molar-refractivity contribution in [3.63, 3.8) is 0 Å². The molecule has 0 spiro atoms. The molecule has 0 heterocycles. The van der Waals surface area contributed by atoms with E-state index >= 15 is 0 Å². The fourth-order valence-electron chi connectivity index (χ4n) is 3.77. The number of hydrogen-bond donors (Lipinski definition) is 2. The number of methoxy groups -OCH3 is 2. The Morgan fingerprint density at radius 1 is 0.964 bits per heavy atom. The number of hydrogen-bond acceptors (Lipinski definition) is 4. The molecule has 2 aromatic rings. The minimum absolute atomic E-state index is 0.0608. The highest BCUT2D eigenvalue weighted by molar-refractivity contribution is 5.53. The molecular weight excluding hydrogens is 352 g/mol. The predicted octanol–water partition coefficient (Wildman–Crippen LogP) is 4.45. The first kappa shape index (κ1) is 20.2. The lowest BCUT2D eigenvalue weighted by Gasteiger charge is -2.26. The van der Waals surface area contributed by atoms with E-state index in [0.29, 0.717) is 5.92 Å². The summed E-state index contributed by atoms with van der Waals surface area (Å²) in [6.45, 7) is -0.132. The summed E-state index contributed by atoms with van der Waals surface area (Å²) in [4.78, 5) is 0. The van der Waals surface area contributed by atoms with Gasteiger partial charge in [0.25, 0.3) is 0 Å². The Morgan fingerprint density at radius 2 is 1.75 bits per heavy atom. The van der Waals surface area contributed by atoms with E-state index in [2.05, 4.69) is 36.4 Å². The van der Waals surface area contributed by atoms with Crippen molar-refractivity contribution in [1.82, 2.24) is 0 Å². The normalized spacial score (nSPS) is 19.1. The average molecular weight is 380 g/mol. The van der Waals surface area contributed by atoms with Crippen molar-refractivity contribution in [1.29, 1.82) is 0 Å². The highest BCUT2D eigenvalue weighted by Crippen LogP contribution is 2.38. The van der Waals surface area contributed by atoms with Crippen LogP contribution in [0.4, 0.5) is 0 Å². The fraction of sp³-hybridized carbons (Fsp3) is 0.333. The molecule has 0 aliphatic heterocycles. The Kier molecular flexibility index (Phi) is 6.90. The van der Waals surface area contributed by atoms with Crippen molar-refractivity contribution < 1.29 is 19.7 Å². The number of aliphatic hydroxyl groups is 2. The molecule has 0 radical (unpaired) electrons. The molecule has 1 aliphatic rings. The first-order chi connectivity index (χ1) is 13.7. The summed E-state index contributed by atoms with van der Waals surface area (Å²) >= 11 is 0. The maximum absolute atomic E-state index is 9.51. The van der Waals surface area contributed by atoms with E-state index in [4.69, 9.17) is 9.47 Å². The summed E-state index contributed by atoms with van der Waals surface area (Å²) in [5, 5.41) is 18.9. The van der Waals surface area contributed by atoms with E-state index in [1.165, 1.54) is 5.56 Å². The topological polar surface area (TPSA) is 58.9 Å². The molecule has 2 unspecified atom stereocenters. The Labute approximate surface area is 166 Å². The smallest absolute Gasteiger partial charge is 0.161 e. The molecule has 4 heteroatoms. The SMILES string of the molecule is COc1ccc(C2C=CCCC2/C=C/c2ccc(CO)c(CO)c2)cc1OC. The molecule has 4 nitrogen and oxygen atoms in total. The molecule has 2 atom stereocenters. The van der Waals surface area contributed by atoms with Crippen molar-refractivity contribution in [2.45, 2.75) is 32.0 Å². The molecule has 2 aromatic carbocycles. The van der Waals surface area contributed by atoms with Crippen LogP contribution in [-0.4, -0.2) is 24.4 Å². The summed E-state index contributed by atoms with van der Waals surface area (Å²) in [6, 6.07) is 11.9. The van der Waals surface area contributed by atoms with E-state index in [0.717, 1.165) is 41.0 Å². The predicted molar refractivity (Wildman–Crippen MR) is 111 cm³/mol. The Hall–Kier alpha value is -2.56. The first-order valence-electron chi connectivity index (χ1n) is 9.60. The van der Waals surface area contributed by atoms with Crippen LogP contribution in [0.2, 0.25) is 0 Å². The van der Waals surface area contributed by atoms with Crippen molar-refractivity contribution in [3.05, 3.63) is 76.9 Å². The van der Waals surface area contributed by atoms with Crippen molar-refractivity contribution in [3.8, 4) is 11.5 Å². The second-order valence-electron chi connectivity index (χ2n) is 7.01. The number of benzene rings is 2. The van der Waals surface area contributed by atoms with Gasteiger partial charge >= 0.3 is 0 Å². The van der Waals surface area contributed by atoms with Crippen LogP contribution in [-0.2, 0) is 13.2 Å². The molecule has 0 amide bonds. The van der Waals surface area contributed by atoms with Gasteiger partial charge in [0.15, 0.2) is 11.5 Å². The maximum atomic E-state index is 9.51. The van der Waals surface area contributed by atoms with Crippen molar-refractivity contribution >= 4 is 6.08 Å². The van der Waals surface area contributed by atoms with Crippen LogP contribution in [0.1, 0.15) is 41.0 Å². The molecule has 28 heavy (non-hydrogen) atoms. The molecule has 0 saturated carbocycles. The van der Waals surface area contributed by atoms with E-state index < -0.39 is 0 Å². The molecule has 148 valence electrons. The maximum Gasteiger partial charge on any atom is 0.161 e. The number of ether oxygens (including phenoxy) is 2. The molecular formula is C24H28O4. The minimum atomic E-state index is -0.0714. The lowest BCUT2D eigenvalue weighted by Crippen LogP contribution is -2.12. The number of aliphatic hydroxyl groups excluding tert-OH is 2. The molecule has 2 N–H and O–H groups in total. The zero-order valence-corrected chi connectivity index (χ0v) is 16.5. The highest BCUT2D eigenvalue weighted by Gasteiger charge is 2.22. The van der Waals surface area contributed by atoms with Gasteiger partial charge in [0, 0.05) is 5.92 Å². The monoisotopic (exact) mass is 380 g/mol. The standard InChI is InChI=1S/C24H28O4/c1-27-23-12-11-19(14-24(23)28-2)22-6-4-3-5-18(22)9-7-17-8-10-20(15-25)21(13-17)16-26/h4,6-14,18,22,25-26H,3,5,15-16H2,1-2H3/b9-7+. The summed E-state index contributed by atoms with van der Waals surface area (Å²) in [5.41, 5.74) is 3.77. The van der Waals surface area contributed by atoms with Crippen LogP contribution < -0.4 is 9.47 Å². The largest absolute Gasteiger partial charge is 0.493 e. The van der Waals surface area contributed by atoms with Gasteiger partial charge in [-0.15, -0.1) is 0 Å². The summed E-state index contributed by atoms with van der Waals surface area (Å²) in [6.07, 6.45) is 11.0. The lowest BCUT2D eigenvalue weighted by molar-refractivity contribution is 0.260. The van der Waals surface area contributed by atoms with Gasteiger partial charge in [0.1, 0.15) is 0 Å². The van der Waals surface area contributed by atoms with Crippen molar-refractivity contribution in [2.75, 3.05) is 14.2 Å². The minimum Gasteiger partial charge on any atom is -0.493 e. The zero-order valence-electron chi connectivity index (χ0n) is 16.5. The van der Waals surface area contributed by atoms with E-state index in [1.807, 2.05) is 24.3 Å². The van der Waals surface area contributed by atoms with E-state index in [9.17, 15) is 10.2 Å². The van der Waals surface area contributed by atoms with E-state index in [1.54, 1.807) is 14.2 Å². The molecule has 0 saturated heterocycles. The number of rotatable bonds is 7. The fourth-order valence-corrected chi connectivity index (χ4v) is 3.77. The summed E-state index contributed by atoms with van der Waals surface area (Å²) in [5.74, 6) is 2.13. The van der Waals surface area contributed by atoms with Crippen LogP contribution >= 0.6 is 0 Å². The van der Waals surface area contributed by atoms with Crippen LogP contribution in [0.3, 0.4) is 0 Å². The van der Waals surface area contributed by atoms with Gasteiger partial charge < -0.3 is 19.7 Å². The van der Waals surface area contributed by atoms with Gasteiger partial charge in [-0.05, 0) is 59.2 Å². The highest BCUT2D eigenvalue weighted by atomic mass is 16.5. The second kappa shape index (κ2) is 9.58. The third-order valence-electron chi connectivity index (χ3n) is 5.37. The van der Waals surface area contributed by atoms with Gasteiger partial charge in [-0.25, -0.2) is 0 Å². The Bertz CT molecular complexity index is 854. The Balaban J connectivity index is 1.85. The van der Waals surface area contributed by atoms with Gasteiger partial charge in [-0.1, -0.05) is 42.5 Å². The summed E-state index contributed by atoms with van der Waals surface area (Å²) < 4.78 is 10.8. The molecule has 0 aromatic heterocycles. The quantitative estimate of drug-likeness (QED) is 0.697. The van der Waals surface area contributed by atoms with E-state index in [-0.39, 0.29) is 19.1 Å². The van der Waals surface area contributed by atoms with Crippen LogP contribution in [0.5, 0.6) is 11.5 Å².